The van der Waals surface area contributed by atoms with Crippen molar-refractivity contribution in [2.24, 2.45) is 5.92 Å². The number of benzene rings is 1. The van der Waals surface area contributed by atoms with E-state index in [-0.39, 0.29) is 34.1 Å². The largest absolute Gasteiger partial charge is 0.507 e. The lowest BCUT2D eigenvalue weighted by atomic mass is 10.0. The summed E-state index contributed by atoms with van der Waals surface area (Å²) in [6.07, 6.45) is 31.1. The van der Waals surface area contributed by atoms with Gasteiger partial charge in [-0.3, -0.25) is 9.59 Å². The minimum Gasteiger partial charge on any atom is -0.507 e. The van der Waals surface area contributed by atoms with Gasteiger partial charge in [-0.1, -0.05) is 88.5 Å². The number of hydrogen-bond donors (Lipinski definition) is 4. The Balaban J connectivity index is 2.37. The van der Waals surface area contributed by atoms with E-state index in [9.17, 15) is 24.6 Å². The molecule has 248 valence electrons. The second-order valence-electron chi connectivity index (χ2n) is 11.2. The summed E-state index contributed by atoms with van der Waals surface area (Å²) in [4.78, 5) is 37.5. The Morgan fingerprint density at radius 2 is 1.40 bits per heavy atom. The smallest absolute Gasteiger partial charge is 0.339 e. The first-order chi connectivity index (χ1) is 21.7. The van der Waals surface area contributed by atoms with Crippen molar-refractivity contribution >= 4 is 35.2 Å². The topological polar surface area (TPSA) is 116 Å². The highest BCUT2D eigenvalue weighted by Crippen LogP contribution is 2.22. The quantitative estimate of drug-likeness (QED) is 0.0540. The van der Waals surface area contributed by atoms with Gasteiger partial charge in [-0.25, -0.2) is 4.79 Å². The van der Waals surface area contributed by atoms with Crippen molar-refractivity contribution in [2.45, 2.75) is 103 Å². The first-order valence-corrected chi connectivity index (χ1v) is 17.3. The minimum atomic E-state index is -1.30. The number of unbranched alkanes of at least 4 members (excludes halogenated alkanes) is 2. The van der Waals surface area contributed by atoms with Gasteiger partial charge < -0.3 is 20.8 Å². The van der Waals surface area contributed by atoms with Crippen LogP contribution in [0.25, 0.3) is 0 Å². The number of anilines is 1. The lowest BCUT2D eigenvalue weighted by Gasteiger charge is -2.23. The van der Waals surface area contributed by atoms with Gasteiger partial charge in [0.05, 0.1) is 5.25 Å². The zero-order valence-electron chi connectivity index (χ0n) is 27.5. The molecule has 8 heteroatoms. The molecule has 2 amide bonds. The number of phenols is 1. The van der Waals surface area contributed by atoms with Crippen LogP contribution in [0.15, 0.2) is 79.0 Å². The van der Waals surface area contributed by atoms with Gasteiger partial charge in [0, 0.05) is 5.69 Å². The molecular weight excluding hydrogens is 584 g/mol. The van der Waals surface area contributed by atoms with E-state index < -0.39 is 17.9 Å². The number of carbonyl (C=O) groups excluding carboxylic acids is 2. The van der Waals surface area contributed by atoms with E-state index in [1.165, 1.54) is 18.2 Å². The molecule has 1 rings (SSSR count). The highest BCUT2D eigenvalue weighted by atomic mass is 32.2. The molecule has 1 aromatic carbocycles. The maximum Gasteiger partial charge on any atom is 0.339 e. The van der Waals surface area contributed by atoms with E-state index in [1.807, 2.05) is 20.8 Å². The summed E-state index contributed by atoms with van der Waals surface area (Å²) in [5, 5.41) is 24.3. The van der Waals surface area contributed by atoms with E-state index in [4.69, 9.17) is 0 Å². The van der Waals surface area contributed by atoms with Gasteiger partial charge in [0.1, 0.15) is 17.4 Å². The van der Waals surface area contributed by atoms with Crippen LogP contribution in [0.2, 0.25) is 0 Å². The normalized spacial score (nSPS) is 13.5. The van der Waals surface area contributed by atoms with Gasteiger partial charge in [-0.05, 0) is 94.1 Å². The van der Waals surface area contributed by atoms with E-state index in [0.717, 1.165) is 57.1 Å². The van der Waals surface area contributed by atoms with E-state index in [0.29, 0.717) is 12.8 Å². The number of carboxylic acids is 1. The Labute approximate surface area is 275 Å². The Hall–Kier alpha value is -3.52. The number of hydrogen-bond acceptors (Lipinski definition) is 5. The second-order valence-corrected chi connectivity index (χ2v) is 12.5. The van der Waals surface area contributed by atoms with Gasteiger partial charge in [-0.2, -0.15) is 0 Å². The zero-order valence-corrected chi connectivity index (χ0v) is 28.4. The Kier molecular flexibility index (Phi) is 21.7. The number of allylic oxidation sites excluding steroid dienone is 10. The lowest BCUT2D eigenvalue weighted by Crippen LogP contribution is -2.47. The SMILES string of the molecule is CCC=CCC=CCC=CCC=CCC=CCCCCSC(CC)C(=O)NC(CC(C)C)C(=O)Nc1ccc(O)c(C(=O)O)c1. The molecule has 0 saturated carbocycles. The number of amides is 2. The van der Waals surface area contributed by atoms with Crippen molar-refractivity contribution in [1.29, 1.82) is 0 Å². The first-order valence-electron chi connectivity index (χ1n) is 16.2. The summed E-state index contributed by atoms with van der Waals surface area (Å²) in [7, 11) is 0. The molecule has 1 aromatic rings. The first kappa shape index (κ1) is 39.5. The average Bonchev–Trinajstić information content (AvgIpc) is 3.00. The van der Waals surface area contributed by atoms with Crippen LogP contribution in [-0.4, -0.2) is 45.0 Å². The van der Waals surface area contributed by atoms with Crippen LogP contribution in [0.3, 0.4) is 0 Å². The van der Waals surface area contributed by atoms with E-state index >= 15 is 0 Å². The standard InChI is InChI=1S/C37H54N2O5S/c1-5-7-8-9-10-11-12-13-14-15-16-17-18-19-20-21-22-23-26-45-34(6-2)36(42)39-32(27-29(3)4)35(41)38-30-24-25-33(40)31(28-30)37(43)44/h7-8,10-11,13-14,16-17,19-20,24-25,28-29,32,34,40H,5-6,9,12,15,18,21-23,26-27H2,1-4H3,(H,38,41)(H,39,42)(H,43,44). The lowest BCUT2D eigenvalue weighted by molar-refractivity contribution is -0.126. The molecule has 0 bridgehead atoms. The molecule has 0 fully saturated rings. The van der Waals surface area contributed by atoms with Gasteiger partial charge >= 0.3 is 5.97 Å². The van der Waals surface area contributed by atoms with Gasteiger partial charge in [0.25, 0.3) is 0 Å². The number of rotatable bonds is 23. The van der Waals surface area contributed by atoms with Crippen molar-refractivity contribution in [3.05, 3.63) is 84.5 Å². The number of carbonyl (C=O) groups is 3. The fourth-order valence-electron chi connectivity index (χ4n) is 4.32. The maximum atomic E-state index is 13.1. The predicted octanol–water partition coefficient (Wildman–Crippen LogP) is 8.99. The Morgan fingerprint density at radius 3 is 1.93 bits per heavy atom. The molecule has 2 unspecified atom stereocenters. The Bertz CT molecular complexity index is 1170. The highest BCUT2D eigenvalue weighted by molar-refractivity contribution is 8.00. The van der Waals surface area contributed by atoms with Crippen molar-refractivity contribution in [1.82, 2.24) is 5.32 Å². The minimum absolute atomic E-state index is 0.152. The highest BCUT2D eigenvalue weighted by Gasteiger charge is 2.26. The number of aromatic hydroxyl groups is 1. The molecule has 0 radical (unpaired) electrons. The third kappa shape index (κ3) is 18.8. The third-order valence-corrected chi connectivity index (χ3v) is 8.21. The molecule has 0 aliphatic rings. The van der Waals surface area contributed by atoms with Gasteiger partial charge in [-0.15, -0.1) is 11.8 Å². The molecular formula is C37H54N2O5S. The van der Waals surface area contributed by atoms with Crippen LogP contribution in [0.5, 0.6) is 5.75 Å². The fraction of sp³-hybridized carbons (Fsp3) is 0.486. The van der Waals surface area contributed by atoms with Gasteiger partial charge in [0.2, 0.25) is 11.8 Å². The fourth-order valence-corrected chi connectivity index (χ4v) is 5.43. The maximum absolute atomic E-state index is 13.1. The summed E-state index contributed by atoms with van der Waals surface area (Å²) in [6, 6.07) is 3.09. The van der Waals surface area contributed by atoms with Crippen LogP contribution >= 0.6 is 11.8 Å². The molecule has 4 N–H and O–H groups in total. The second kappa shape index (κ2) is 24.8. The van der Waals surface area contributed by atoms with Crippen LogP contribution in [0, 0.1) is 5.92 Å². The van der Waals surface area contributed by atoms with Crippen LogP contribution in [-0.2, 0) is 9.59 Å². The molecule has 7 nitrogen and oxygen atoms in total. The third-order valence-electron chi connectivity index (χ3n) is 6.74. The molecule has 0 spiro atoms. The Morgan fingerprint density at radius 1 is 0.822 bits per heavy atom. The zero-order chi connectivity index (χ0) is 33.3. The molecule has 0 saturated heterocycles. The number of nitrogens with one attached hydrogen (secondary N) is 2. The summed E-state index contributed by atoms with van der Waals surface area (Å²) < 4.78 is 0. The van der Waals surface area contributed by atoms with Gasteiger partial charge in [0.15, 0.2) is 0 Å². The van der Waals surface area contributed by atoms with Crippen LogP contribution in [0.1, 0.15) is 102 Å². The molecule has 0 aromatic heterocycles. The number of carboxylic acid groups (broad SMARTS) is 1. The summed E-state index contributed by atoms with van der Waals surface area (Å²) in [5.41, 5.74) is -0.0619. The number of thioether (sulfide) groups is 1. The summed E-state index contributed by atoms with van der Waals surface area (Å²) >= 11 is 1.62. The van der Waals surface area contributed by atoms with Crippen molar-refractivity contribution < 1.29 is 24.6 Å². The number of aromatic carboxylic acids is 1. The van der Waals surface area contributed by atoms with E-state index in [1.54, 1.807) is 11.8 Å². The molecule has 2 atom stereocenters. The van der Waals surface area contributed by atoms with Crippen LogP contribution < -0.4 is 10.6 Å². The summed E-state index contributed by atoms with van der Waals surface area (Å²) in [5.74, 6) is -1.25. The monoisotopic (exact) mass is 638 g/mol. The van der Waals surface area contributed by atoms with Crippen molar-refractivity contribution in [3.63, 3.8) is 0 Å². The van der Waals surface area contributed by atoms with Crippen molar-refractivity contribution in [3.8, 4) is 5.75 Å². The van der Waals surface area contributed by atoms with Crippen LogP contribution in [0.4, 0.5) is 5.69 Å². The van der Waals surface area contributed by atoms with Crippen molar-refractivity contribution in [2.75, 3.05) is 11.1 Å². The van der Waals surface area contributed by atoms with E-state index in [2.05, 4.69) is 78.3 Å². The molecule has 0 aliphatic carbocycles. The molecule has 45 heavy (non-hydrogen) atoms. The average molecular weight is 639 g/mol. The molecule has 0 heterocycles. The summed E-state index contributed by atoms with van der Waals surface area (Å²) in [6.45, 7) is 8.05. The molecule has 0 aliphatic heterocycles. The predicted molar refractivity (Wildman–Crippen MR) is 190 cm³/mol.